The molecule has 0 aromatic heterocycles. The van der Waals surface area contributed by atoms with Crippen LogP contribution in [0.5, 0.6) is 0 Å². The number of hydrogen-bond acceptors (Lipinski definition) is 5. The van der Waals surface area contributed by atoms with E-state index in [4.69, 9.17) is 5.73 Å². The maximum absolute atomic E-state index is 12.3. The number of hydrogen-bond donors (Lipinski definition) is 2. The van der Waals surface area contributed by atoms with Crippen molar-refractivity contribution in [3.63, 3.8) is 0 Å². The van der Waals surface area contributed by atoms with Gasteiger partial charge in [-0.1, -0.05) is 12.1 Å². The maximum atomic E-state index is 12.3. The number of amides is 2. The first-order valence-electron chi connectivity index (χ1n) is 6.58. The highest BCUT2D eigenvalue weighted by Gasteiger charge is 2.34. The molecule has 8 nitrogen and oxygen atoms in total. The summed E-state index contributed by atoms with van der Waals surface area (Å²) in [6.45, 7) is 0.320. The Morgan fingerprint density at radius 2 is 2.14 bits per heavy atom. The molecule has 3 N–H and O–H groups in total. The smallest absolute Gasteiger partial charge is 0.292 e. The van der Waals surface area contributed by atoms with Gasteiger partial charge >= 0.3 is 0 Å². The fourth-order valence-electron chi connectivity index (χ4n) is 2.41. The van der Waals surface area contributed by atoms with Crippen molar-refractivity contribution in [2.45, 2.75) is 18.9 Å². The number of nitrogens with two attached hydrogens (primary N) is 1. The molecule has 0 spiro atoms. The topological polar surface area (TPSA) is 119 Å². The minimum atomic E-state index is -0.624. The molecule has 0 radical (unpaired) electrons. The van der Waals surface area contributed by atoms with Gasteiger partial charge in [-0.25, -0.2) is 0 Å². The van der Waals surface area contributed by atoms with Gasteiger partial charge in [-0.15, -0.1) is 0 Å². The second-order valence-corrected chi connectivity index (χ2v) is 4.71. The average Bonchev–Trinajstić information content (AvgIpc) is 2.96. The number of para-hydroxylation sites is 2. The Balaban J connectivity index is 2.15. The summed E-state index contributed by atoms with van der Waals surface area (Å²) in [6, 6.07) is 5.27. The Labute approximate surface area is 121 Å². The van der Waals surface area contributed by atoms with E-state index in [1.165, 1.54) is 23.1 Å². The van der Waals surface area contributed by atoms with Gasteiger partial charge < -0.3 is 16.0 Å². The van der Waals surface area contributed by atoms with E-state index in [2.05, 4.69) is 5.32 Å². The van der Waals surface area contributed by atoms with Crippen LogP contribution in [-0.2, 0) is 9.59 Å². The molecule has 1 saturated heterocycles. The molecule has 1 fully saturated rings. The molecule has 0 aliphatic carbocycles. The summed E-state index contributed by atoms with van der Waals surface area (Å²) in [4.78, 5) is 35.7. The molecule has 2 rings (SSSR count). The summed E-state index contributed by atoms with van der Waals surface area (Å²) in [5.41, 5.74) is 5.26. The number of anilines is 1. The molecular weight excluding hydrogens is 276 g/mol. The molecule has 0 bridgehead atoms. The van der Waals surface area contributed by atoms with E-state index in [1.54, 1.807) is 6.07 Å². The zero-order valence-electron chi connectivity index (χ0n) is 11.3. The summed E-state index contributed by atoms with van der Waals surface area (Å²) in [7, 11) is 0. The SMILES string of the molecule is NCC(=O)N1CCCC1C(=O)Nc1ccccc1[N+](=O)[O-]. The van der Waals surface area contributed by atoms with Gasteiger partial charge in [0.15, 0.2) is 0 Å². The lowest BCUT2D eigenvalue weighted by atomic mass is 10.2. The predicted octanol–water partition coefficient (Wildman–Crippen LogP) is 0.483. The number of rotatable bonds is 4. The molecule has 1 aliphatic heterocycles. The van der Waals surface area contributed by atoms with Crippen molar-refractivity contribution in [3.05, 3.63) is 34.4 Å². The third kappa shape index (κ3) is 3.16. The lowest BCUT2D eigenvalue weighted by Gasteiger charge is -2.23. The number of nitrogens with one attached hydrogen (secondary N) is 1. The Morgan fingerprint density at radius 1 is 1.43 bits per heavy atom. The van der Waals surface area contributed by atoms with Crippen molar-refractivity contribution in [1.29, 1.82) is 0 Å². The van der Waals surface area contributed by atoms with Gasteiger partial charge in [0.2, 0.25) is 11.8 Å². The number of nitrogens with zero attached hydrogens (tertiary/aromatic N) is 2. The summed E-state index contributed by atoms with van der Waals surface area (Å²) < 4.78 is 0. The van der Waals surface area contributed by atoms with Crippen molar-refractivity contribution < 1.29 is 14.5 Å². The van der Waals surface area contributed by atoms with Crippen molar-refractivity contribution >= 4 is 23.2 Å². The summed E-state index contributed by atoms with van der Waals surface area (Å²) in [6.07, 6.45) is 1.24. The highest BCUT2D eigenvalue weighted by atomic mass is 16.6. The normalized spacial score (nSPS) is 17.6. The van der Waals surface area contributed by atoms with E-state index in [9.17, 15) is 19.7 Å². The first kappa shape index (κ1) is 14.9. The number of likely N-dealkylation sites (tertiary alicyclic amines) is 1. The molecule has 112 valence electrons. The fraction of sp³-hybridized carbons (Fsp3) is 0.385. The second kappa shape index (κ2) is 6.31. The lowest BCUT2D eigenvalue weighted by Crippen LogP contribution is -2.45. The highest BCUT2D eigenvalue weighted by molar-refractivity contribution is 5.99. The van der Waals surface area contributed by atoms with Crippen molar-refractivity contribution in [2.24, 2.45) is 5.73 Å². The second-order valence-electron chi connectivity index (χ2n) is 4.71. The summed E-state index contributed by atoms with van der Waals surface area (Å²) >= 11 is 0. The zero-order chi connectivity index (χ0) is 15.4. The number of benzene rings is 1. The standard InChI is InChI=1S/C13H16N4O4/c14-8-12(18)16-7-3-6-11(16)13(19)15-9-4-1-2-5-10(9)17(20)21/h1-2,4-5,11H,3,6-8,14H2,(H,15,19). The van der Waals surface area contributed by atoms with Gasteiger partial charge in [-0.3, -0.25) is 19.7 Å². The Bertz CT molecular complexity index is 575. The van der Waals surface area contributed by atoms with E-state index >= 15 is 0 Å². The van der Waals surface area contributed by atoms with E-state index in [1.807, 2.05) is 0 Å². The molecule has 1 aliphatic rings. The number of carbonyl (C=O) groups is 2. The fourth-order valence-corrected chi connectivity index (χ4v) is 2.41. The van der Waals surface area contributed by atoms with Crippen molar-refractivity contribution in [1.82, 2.24) is 4.90 Å². The van der Waals surface area contributed by atoms with Gasteiger partial charge in [0.1, 0.15) is 11.7 Å². The van der Waals surface area contributed by atoms with Crippen LogP contribution in [0.2, 0.25) is 0 Å². The third-order valence-electron chi connectivity index (χ3n) is 3.41. The van der Waals surface area contributed by atoms with Crippen LogP contribution in [0.15, 0.2) is 24.3 Å². The van der Waals surface area contributed by atoms with Crippen molar-refractivity contribution in [2.75, 3.05) is 18.4 Å². The molecule has 21 heavy (non-hydrogen) atoms. The minimum Gasteiger partial charge on any atom is -0.330 e. The average molecular weight is 292 g/mol. The molecule has 1 aromatic rings. The molecular formula is C13H16N4O4. The van der Waals surface area contributed by atoms with E-state index in [-0.39, 0.29) is 23.8 Å². The van der Waals surface area contributed by atoms with Gasteiger partial charge in [0.25, 0.3) is 5.69 Å². The lowest BCUT2D eigenvalue weighted by molar-refractivity contribution is -0.383. The van der Waals surface area contributed by atoms with Crippen LogP contribution in [-0.4, -0.2) is 40.8 Å². The minimum absolute atomic E-state index is 0.125. The summed E-state index contributed by atoms with van der Waals surface area (Å²) in [5.74, 6) is -0.723. The van der Waals surface area contributed by atoms with Crippen LogP contribution in [0.1, 0.15) is 12.8 Å². The maximum Gasteiger partial charge on any atom is 0.292 e. The molecule has 1 aromatic carbocycles. The van der Waals surface area contributed by atoms with Crippen LogP contribution in [0.4, 0.5) is 11.4 Å². The molecule has 2 amide bonds. The molecule has 1 atom stereocenters. The number of nitro groups is 1. The van der Waals surface area contributed by atoms with Crippen LogP contribution >= 0.6 is 0 Å². The molecule has 1 heterocycles. The van der Waals surface area contributed by atoms with Gasteiger partial charge in [0, 0.05) is 12.6 Å². The van der Waals surface area contributed by atoms with Crippen molar-refractivity contribution in [3.8, 4) is 0 Å². The zero-order valence-corrected chi connectivity index (χ0v) is 11.3. The van der Waals surface area contributed by atoms with Crippen LogP contribution in [0, 0.1) is 10.1 Å². The Hall–Kier alpha value is -2.48. The number of carbonyl (C=O) groups excluding carboxylic acids is 2. The molecule has 8 heteroatoms. The van der Waals surface area contributed by atoms with Crippen LogP contribution < -0.4 is 11.1 Å². The predicted molar refractivity (Wildman–Crippen MR) is 75.5 cm³/mol. The van der Waals surface area contributed by atoms with Gasteiger partial charge in [0.05, 0.1) is 11.5 Å². The number of nitro benzene ring substituents is 1. The molecule has 0 saturated carbocycles. The van der Waals surface area contributed by atoms with E-state index < -0.39 is 16.9 Å². The van der Waals surface area contributed by atoms with Crippen LogP contribution in [0.3, 0.4) is 0 Å². The highest BCUT2D eigenvalue weighted by Crippen LogP contribution is 2.25. The quantitative estimate of drug-likeness (QED) is 0.618. The van der Waals surface area contributed by atoms with E-state index in [0.717, 1.165) is 0 Å². The largest absolute Gasteiger partial charge is 0.330 e. The Morgan fingerprint density at radius 3 is 2.81 bits per heavy atom. The van der Waals surface area contributed by atoms with Crippen LogP contribution in [0.25, 0.3) is 0 Å². The van der Waals surface area contributed by atoms with E-state index in [0.29, 0.717) is 19.4 Å². The van der Waals surface area contributed by atoms with Gasteiger partial charge in [-0.2, -0.15) is 0 Å². The summed E-state index contributed by atoms with van der Waals surface area (Å²) in [5, 5.41) is 13.4. The third-order valence-corrected chi connectivity index (χ3v) is 3.41. The first-order chi connectivity index (χ1) is 10.0. The Kier molecular flexibility index (Phi) is 4.49. The first-order valence-corrected chi connectivity index (χ1v) is 6.58. The molecule has 1 unspecified atom stereocenters. The van der Waals surface area contributed by atoms with Gasteiger partial charge in [-0.05, 0) is 18.9 Å². The monoisotopic (exact) mass is 292 g/mol.